The van der Waals surface area contributed by atoms with Crippen LogP contribution in [0.15, 0.2) is 91.1 Å². The smallest absolute Gasteiger partial charge is 0.323 e. The fraction of sp³-hybridized carbons (Fsp3) is 0. The number of urea groups is 1. The van der Waals surface area contributed by atoms with E-state index in [0.29, 0.717) is 16.9 Å². The molecule has 1 aliphatic rings. The lowest BCUT2D eigenvalue weighted by Gasteiger charge is -2.11. The van der Waals surface area contributed by atoms with E-state index in [0.717, 1.165) is 28.3 Å². The lowest BCUT2D eigenvalue weighted by molar-refractivity contribution is -0.110. The molecule has 0 saturated heterocycles. The third kappa shape index (κ3) is 4.62. The zero-order valence-corrected chi connectivity index (χ0v) is 17.6. The van der Waals surface area contributed by atoms with Gasteiger partial charge in [-0.2, -0.15) is 0 Å². The van der Waals surface area contributed by atoms with Gasteiger partial charge < -0.3 is 26.3 Å². The van der Waals surface area contributed by atoms with Gasteiger partial charge in [0.15, 0.2) is 0 Å². The molecule has 5 N–H and O–H groups in total. The van der Waals surface area contributed by atoms with Crippen molar-refractivity contribution in [1.82, 2.24) is 4.98 Å². The number of fused-ring (bicyclic) bond motifs is 1. The molecule has 3 amide bonds. The monoisotopic (exact) mass is 435 g/mol. The number of amides is 3. The van der Waals surface area contributed by atoms with Crippen molar-refractivity contribution in [3.05, 3.63) is 102 Å². The predicted molar refractivity (Wildman–Crippen MR) is 133 cm³/mol. The van der Waals surface area contributed by atoms with E-state index < -0.39 is 0 Å². The first-order chi connectivity index (χ1) is 16.1. The number of hydrogen-bond acceptors (Lipinski definition) is 3. The van der Waals surface area contributed by atoms with E-state index in [1.807, 2.05) is 97.2 Å². The maximum Gasteiger partial charge on any atom is 0.323 e. The highest BCUT2D eigenvalue weighted by Gasteiger charge is 2.24. The molecule has 0 radical (unpaired) electrons. The summed E-state index contributed by atoms with van der Waals surface area (Å²) in [5.74, 6) is -0.132. The molecule has 0 aliphatic carbocycles. The fourth-order valence-corrected chi connectivity index (χ4v) is 3.66. The van der Waals surface area contributed by atoms with Crippen molar-refractivity contribution >= 4 is 52.0 Å². The average Bonchev–Trinajstić information content (AvgIpc) is 3.42. The van der Waals surface area contributed by atoms with E-state index in [4.69, 9.17) is 0 Å². The molecule has 3 aromatic carbocycles. The van der Waals surface area contributed by atoms with E-state index in [1.165, 1.54) is 0 Å². The number of benzene rings is 3. The van der Waals surface area contributed by atoms with Gasteiger partial charge in [-0.25, -0.2) is 4.79 Å². The minimum atomic E-state index is -0.319. The molecule has 33 heavy (non-hydrogen) atoms. The molecule has 5 rings (SSSR count). The van der Waals surface area contributed by atoms with Gasteiger partial charge >= 0.3 is 6.03 Å². The number of carbonyl (C=O) groups excluding carboxylic acids is 2. The van der Waals surface area contributed by atoms with E-state index >= 15 is 0 Å². The molecular formula is C26H21N5O2. The largest absolute Gasteiger partial charge is 0.362 e. The van der Waals surface area contributed by atoms with Crippen LogP contribution in [0.2, 0.25) is 0 Å². The lowest BCUT2D eigenvalue weighted by atomic mass is 10.1. The van der Waals surface area contributed by atoms with Crippen LogP contribution in [0.5, 0.6) is 0 Å². The first-order valence-corrected chi connectivity index (χ1v) is 10.4. The van der Waals surface area contributed by atoms with Crippen molar-refractivity contribution < 1.29 is 9.59 Å². The molecule has 0 fully saturated rings. The second kappa shape index (κ2) is 8.76. The van der Waals surface area contributed by atoms with E-state index in [9.17, 15) is 9.59 Å². The van der Waals surface area contributed by atoms with Gasteiger partial charge in [0.1, 0.15) is 0 Å². The summed E-state index contributed by atoms with van der Waals surface area (Å²) in [7, 11) is 0. The van der Waals surface area contributed by atoms with E-state index in [-0.39, 0.29) is 11.9 Å². The van der Waals surface area contributed by atoms with Gasteiger partial charge in [-0.3, -0.25) is 4.79 Å². The van der Waals surface area contributed by atoms with Gasteiger partial charge in [-0.05, 0) is 60.7 Å². The standard InChI is InChI=1S/C26H21N5O2/c32-25-23(15-18-10-5-13-27-18)22-12-11-21(16-24(22)31-25)28-19-8-4-9-20(14-19)30-26(33)29-17-6-2-1-3-7-17/h1-16,27-28H,(H,31,32)(H2,29,30,33)/b23-15+. The Bertz CT molecular complexity index is 1340. The van der Waals surface area contributed by atoms with E-state index in [1.54, 1.807) is 0 Å². The average molecular weight is 435 g/mol. The number of aromatic nitrogens is 1. The number of carbonyl (C=O) groups is 2. The molecule has 0 saturated carbocycles. The van der Waals surface area contributed by atoms with Crippen LogP contribution in [0.3, 0.4) is 0 Å². The van der Waals surface area contributed by atoms with Gasteiger partial charge in [0.2, 0.25) is 0 Å². The Balaban J connectivity index is 1.29. The van der Waals surface area contributed by atoms with Gasteiger partial charge in [0.05, 0.1) is 11.3 Å². The first kappa shape index (κ1) is 20.1. The van der Waals surface area contributed by atoms with Crippen molar-refractivity contribution in [2.45, 2.75) is 0 Å². The molecule has 7 nitrogen and oxygen atoms in total. The first-order valence-electron chi connectivity index (χ1n) is 10.4. The Labute approximate surface area is 190 Å². The molecule has 0 bridgehead atoms. The summed E-state index contributed by atoms with van der Waals surface area (Å²) in [5, 5.41) is 11.9. The number of rotatable bonds is 5. The van der Waals surface area contributed by atoms with Crippen LogP contribution in [-0.4, -0.2) is 16.9 Å². The van der Waals surface area contributed by atoms with Gasteiger partial charge in [-0.15, -0.1) is 0 Å². The van der Waals surface area contributed by atoms with Crippen LogP contribution in [0, 0.1) is 0 Å². The van der Waals surface area contributed by atoms with Crippen LogP contribution in [0.1, 0.15) is 11.3 Å². The quantitative estimate of drug-likeness (QED) is 0.253. The maximum absolute atomic E-state index is 12.4. The zero-order chi connectivity index (χ0) is 22.6. The number of aromatic amines is 1. The van der Waals surface area contributed by atoms with Gasteiger partial charge in [-0.1, -0.05) is 30.3 Å². The summed E-state index contributed by atoms with van der Waals surface area (Å²) in [6, 6.07) is 25.9. The van der Waals surface area contributed by atoms with E-state index in [2.05, 4.69) is 26.3 Å². The molecule has 1 aromatic heterocycles. The highest BCUT2D eigenvalue weighted by molar-refractivity contribution is 6.35. The normalized spacial score (nSPS) is 13.3. The zero-order valence-electron chi connectivity index (χ0n) is 17.6. The Morgan fingerprint density at radius 2 is 1.52 bits per heavy atom. The summed E-state index contributed by atoms with van der Waals surface area (Å²) < 4.78 is 0. The third-order valence-corrected chi connectivity index (χ3v) is 5.17. The summed E-state index contributed by atoms with van der Waals surface area (Å²) >= 11 is 0. The highest BCUT2D eigenvalue weighted by atomic mass is 16.2. The maximum atomic E-state index is 12.4. The van der Waals surface area contributed by atoms with Crippen molar-refractivity contribution in [2.75, 3.05) is 21.3 Å². The number of hydrogen-bond donors (Lipinski definition) is 5. The van der Waals surface area contributed by atoms with Crippen molar-refractivity contribution in [3.8, 4) is 0 Å². The van der Waals surface area contributed by atoms with Crippen molar-refractivity contribution in [1.29, 1.82) is 0 Å². The second-order valence-corrected chi connectivity index (χ2v) is 7.55. The highest BCUT2D eigenvalue weighted by Crippen LogP contribution is 2.35. The van der Waals surface area contributed by atoms with Gasteiger partial charge in [0, 0.05) is 40.2 Å². The predicted octanol–water partition coefficient (Wildman–Crippen LogP) is 5.90. The number of anilines is 5. The molecule has 4 aromatic rings. The molecular weight excluding hydrogens is 414 g/mol. The Morgan fingerprint density at radius 1 is 0.758 bits per heavy atom. The molecule has 0 unspecified atom stereocenters. The summed E-state index contributed by atoms with van der Waals surface area (Å²) in [4.78, 5) is 27.8. The minimum absolute atomic E-state index is 0.132. The van der Waals surface area contributed by atoms with Crippen LogP contribution in [-0.2, 0) is 4.79 Å². The molecule has 7 heteroatoms. The van der Waals surface area contributed by atoms with Crippen molar-refractivity contribution in [3.63, 3.8) is 0 Å². The fourth-order valence-electron chi connectivity index (χ4n) is 3.66. The summed E-state index contributed by atoms with van der Waals surface area (Å²) in [5.41, 5.74) is 6.09. The Hall–Kier alpha value is -4.78. The number of nitrogens with one attached hydrogen (secondary N) is 5. The lowest BCUT2D eigenvalue weighted by Crippen LogP contribution is -2.19. The minimum Gasteiger partial charge on any atom is -0.362 e. The molecule has 0 spiro atoms. The molecule has 0 atom stereocenters. The SMILES string of the molecule is O=C(Nc1ccccc1)Nc1cccc(Nc2ccc3c(c2)NC(=O)/C3=C/c2ccc[nH]2)c1. The van der Waals surface area contributed by atoms with Crippen LogP contribution in [0.4, 0.5) is 33.2 Å². The van der Waals surface area contributed by atoms with Gasteiger partial charge in [0.25, 0.3) is 5.91 Å². The number of H-pyrrole nitrogens is 1. The Morgan fingerprint density at radius 3 is 2.33 bits per heavy atom. The number of para-hydroxylation sites is 1. The third-order valence-electron chi connectivity index (χ3n) is 5.17. The Kier molecular flexibility index (Phi) is 5.35. The molecule has 2 heterocycles. The molecule has 1 aliphatic heterocycles. The molecule has 162 valence electrons. The van der Waals surface area contributed by atoms with Crippen molar-refractivity contribution in [2.24, 2.45) is 0 Å². The van der Waals surface area contributed by atoms with Crippen LogP contribution in [0.25, 0.3) is 11.6 Å². The van der Waals surface area contributed by atoms with Crippen LogP contribution >= 0.6 is 0 Å². The summed E-state index contributed by atoms with van der Waals surface area (Å²) in [6.45, 7) is 0. The van der Waals surface area contributed by atoms with Crippen LogP contribution < -0.4 is 21.3 Å². The summed E-state index contributed by atoms with van der Waals surface area (Å²) in [6.07, 6.45) is 3.66. The second-order valence-electron chi connectivity index (χ2n) is 7.55. The topological polar surface area (TPSA) is 98.0 Å².